The SMILES string of the molecule is CC(C)CC1(C(=O)N(C)Cc2ccccc2Br)CCCC1. The second-order valence-electron chi connectivity index (χ2n) is 6.84. The number of benzene rings is 1. The Balaban J connectivity index is 2.12. The number of amides is 1. The molecular weight excluding hydrogens is 326 g/mol. The lowest BCUT2D eigenvalue weighted by molar-refractivity contribution is -0.142. The van der Waals surface area contributed by atoms with Gasteiger partial charge in [0.15, 0.2) is 0 Å². The summed E-state index contributed by atoms with van der Waals surface area (Å²) in [5, 5.41) is 0. The minimum Gasteiger partial charge on any atom is -0.341 e. The van der Waals surface area contributed by atoms with Crippen LogP contribution in [0.1, 0.15) is 51.5 Å². The van der Waals surface area contributed by atoms with Gasteiger partial charge in [0.2, 0.25) is 5.91 Å². The Morgan fingerprint density at radius 1 is 1.29 bits per heavy atom. The molecule has 0 N–H and O–H groups in total. The zero-order valence-corrected chi connectivity index (χ0v) is 14.9. The summed E-state index contributed by atoms with van der Waals surface area (Å²) in [6.07, 6.45) is 5.53. The van der Waals surface area contributed by atoms with Crippen molar-refractivity contribution >= 4 is 21.8 Å². The molecule has 0 heterocycles. The van der Waals surface area contributed by atoms with Gasteiger partial charge in [0.1, 0.15) is 0 Å². The first-order chi connectivity index (χ1) is 9.94. The molecule has 1 amide bonds. The third kappa shape index (κ3) is 3.88. The Hall–Kier alpha value is -0.830. The highest BCUT2D eigenvalue weighted by atomic mass is 79.9. The molecule has 0 saturated heterocycles. The second-order valence-corrected chi connectivity index (χ2v) is 7.69. The Morgan fingerprint density at radius 2 is 1.90 bits per heavy atom. The highest BCUT2D eigenvalue weighted by molar-refractivity contribution is 9.10. The van der Waals surface area contributed by atoms with E-state index < -0.39 is 0 Å². The van der Waals surface area contributed by atoms with E-state index in [9.17, 15) is 4.79 Å². The number of carbonyl (C=O) groups is 1. The van der Waals surface area contributed by atoms with Crippen molar-refractivity contribution in [3.05, 3.63) is 34.3 Å². The standard InChI is InChI=1S/C18H26BrNO/c1-14(2)12-18(10-6-7-11-18)17(21)20(3)13-15-8-4-5-9-16(15)19/h4-5,8-9,14H,6-7,10-13H2,1-3H3. The molecule has 0 spiro atoms. The highest BCUT2D eigenvalue weighted by Crippen LogP contribution is 2.44. The van der Waals surface area contributed by atoms with Crippen molar-refractivity contribution in [1.29, 1.82) is 0 Å². The molecule has 0 aromatic heterocycles. The van der Waals surface area contributed by atoms with E-state index in [1.165, 1.54) is 18.4 Å². The van der Waals surface area contributed by atoms with Crippen molar-refractivity contribution < 1.29 is 4.79 Å². The Bertz CT molecular complexity index is 492. The topological polar surface area (TPSA) is 20.3 Å². The van der Waals surface area contributed by atoms with Gasteiger partial charge in [0.05, 0.1) is 0 Å². The molecule has 1 aliphatic rings. The zero-order valence-electron chi connectivity index (χ0n) is 13.4. The van der Waals surface area contributed by atoms with Gasteiger partial charge in [0.25, 0.3) is 0 Å². The molecule has 2 nitrogen and oxygen atoms in total. The van der Waals surface area contributed by atoms with Gasteiger partial charge in [-0.1, -0.05) is 60.8 Å². The number of rotatable bonds is 5. The lowest BCUT2D eigenvalue weighted by Gasteiger charge is -2.34. The molecule has 0 atom stereocenters. The predicted octanol–water partition coefficient (Wildman–Crippen LogP) is 5.01. The molecule has 0 unspecified atom stereocenters. The fourth-order valence-corrected chi connectivity index (χ4v) is 4.11. The van der Waals surface area contributed by atoms with E-state index in [4.69, 9.17) is 0 Å². The molecule has 21 heavy (non-hydrogen) atoms. The highest BCUT2D eigenvalue weighted by Gasteiger charge is 2.42. The van der Waals surface area contributed by atoms with Gasteiger partial charge < -0.3 is 4.90 Å². The normalized spacial score (nSPS) is 17.2. The third-order valence-electron chi connectivity index (χ3n) is 4.53. The summed E-state index contributed by atoms with van der Waals surface area (Å²) < 4.78 is 1.08. The van der Waals surface area contributed by atoms with E-state index in [-0.39, 0.29) is 5.41 Å². The van der Waals surface area contributed by atoms with E-state index in [0.29, 0.717) is 18.4 Å². The van der Waals surface area contributed by atoms with E-state index in [1.54, 1.807) is 0 Å². The van der Waals surface area contributed by atoms with E-state index in [0.717, 1.165) is 23.7 Å². The molecular formula is C18H26BrNO. The van der Waals surface area contributed by atoms with Crippen LogP contribution < -0.4 is 0 Å². The first-order valence-corrected chi connectivity index (χ1v) is 8.73. The van der Waals surface area contributed by atoms with Crippen molar-refractivity contribution in [1.82, 2.24) is 4.90 Å². The van der Waals surface area contributed by atoms with Crippen molar-refractivity contribution in [3.63, 3.8) is 0 Å². The van der Waals surface area contributed by atoms with Crippen LogP contribution in [-0.4, -0.2) is 17.9 Å². The Morgan fingerprint density at radius 3 is 2.48 bits per heavy atom. The quantitative estimate of drug-likeness (QED) is 0.729. The molecule has 3 heteroatoms. The van der Waals surface area contributed by atoms with Crippen LogP contribution in [0, 0.1) is 11.3 Å². The molecule has 0 bridgehead atoms. The minimum absolute atomic E-state index is 0.107. The maximum Gasteiger partial charge on any atom is 0.228 e. The number of halogens is 1. The van der Waals surface area contributed by atoms with Crippen LogP contribution in [0.25, 0.3) is 0 Å². The summed E-state index contributed by atoms with van der Waals surface area (Å²) in [5.41, 5.74) is 1.07. The Kier molecular flexibility index (Phi) is 5.48. The molecule has 1 aliphatic carbocycles. The minimum atomic E-state index is -0.107. The average molecular weight is 352 g/mol. The largest absolute Gasteiger partial charge is 0.341 e. The van der Waals surface area contributed by atoms with Crippen LogP contribution in [0.3, 0.4) is 0 Å². The molecule has 116 valence electrons. The van der Waals surface area contributed by atoms with Gasteiger partial charge in [-0.15, -0.1) is 0 Å². The maximum atomic E-state index is 13.0. The molecule has 1 saturated carbocycles. The fourth-order valence-electron chi connectivity index (χ4n) is 3.70. The van der Waals surface area contributed by atoms with E-state index in [2.05, 4.69) is 35.8 Å². The van der Waals surface area contributed by atoms with E-state index >= 15 is 0 Å². The number of hydrogen-bond donors (Lipinski definition) is 0. The molecule has 1 aromatic carbocycles. The molecule has 2 rings (SSSR count). The molecule has 1 aromatic rings. The molecule has 0 radical (unpaired) electrons. The van der Waals surface area contributed by atoms with Crippen LogP contribution in [0.4, 0.5) is 0 Å². The van der Waals surface area contributed by atoms with Gasteiger partial charge in [-0.2, -0.15) is 0 Å². The predicted molar refractivity (Wildman–Crippen MR) is 91.0 cm³/mol. The lowest BCUT2D eigenvalue weighted by atomic mass is 9.77. The van der Waals surface area contributed by atoms with Crippen molar-refractivity contribution in [2.75, 3.05) is 7.05 Å². The summed E-state index contributed by atoms with van der Waals surface area (Å²) >= 11 is 3.57. The summed E-state index contributed by atoms with van der Waals surface area (Å²) in [4.78, 5) is 15.0. The van der Waals surface area contributed by atoms with Gasteiger partial charge in [-0.05, 0) is 36.8 Å². The van der Waals surface area contributed by atoms with Crippen LogP contribution >= 0.6 is 15.9 Å². The van der Waals surface area contributed by atoms with Gasteiger partial charge in [0, 0.05) is 23.5 Å². The van der Waals surface area contributed by atoms with Gasteiger partial charge >= 0.3 is 0 Å². The number of carbonyl (C=O) groups excluding carboxylic acids is 1. The number of hydrogen-bond acceptors (Lipinski definition) is 1. The first kappa shape index (κ1) is 16.5. The first-order valence-electron chi connectivity index (χ1n) is 7.93. The smallest absolute Gasteiger partial charge is 0.228 e. The van der Waals surface area contributed by atoms with Crippen LogP contribution in [0.2, 0.25) is 0 Å². The summed E-state index contributed by atoms with van der Waals surface area (Å²) in [6, 6.07) is 8.15. The zero-order chi connectivity index (χ0) is 15.5. The monoisotopic (exact) mass is 351 g/mol. The third-order valence-corrected chi connectivity index (χ3v) is 5.30. The molecule has 1 fully saturated rings. The van der Waals surface area contributed by atoms with Crippen molar-refractivity contribution in [2.24, 2.45) is 11.3 Å². The van der Waals surface area contributed by atoms with Crippen LogP contribution in [-0.2, 0) is 11.3 Å². The summed E-state index contributed by atoms with van der Waals surface area (Å²) in [5.74, 6) is 0.911. The Labute approximate surface area is 137 Å². The second kappa shape index (κ2) is 6.95. The van der Waals surface area contributed by atoms with E-state index in [1.807, 2.05) is 30.1 Å². The average Bonchev–Trinajstić information content (AvgIpc) is 2.89. The maximum absolute atomic E-state index is 13.0. The van der Waals surface area contributed by atoms with Crippen LogP contribution in [0.15, 0.2) is 28.7 Å². The van der Waals surface area contributed by atoms with Gasteiger partial charge in [-0.25, -0.2) is 0 Å². The lowest BCUT2D eigenvalue weighted by Crippen LogP contribution is -2.41. The fraction of sp³-hybridized carbons (Fsp3) is 0.611. The van der Waals surface area contributed by atoms with Crippen molar-refractivity contribution in [3.8, 4) is 0 Å². The molecule has 0 aliphatic heterocycles. The summed E-state index contributed by atoms with van der Waals surface area (Å²) in [6.45, 7) is 5.13. The van der Waals surface area contributed by atoms with Gasteiger partial charge in [-0.3, -0.25) is 4.79 Å². The summed E-state index contributed by atoms with van der Waals surface area (Å²) in [7, 11) is 1.95. The number of nitrogens with zero attached hydrogens (tertiary/aromatic N) is 1. The van der Waals surface area contributed by atoms with Crippen molar-refractivity contribution in [2.45, 2.75) is 52.5 Å². The van der Waals surface area contributed by atoms with Crippen LogP contribution in [0.5, 0.6) is 0 Å².